The van der Waals surface area contributed by atoms with E-state index < -0.39 is 0 Å². The molecule has 0 rings (SSSR count). The Morgan fingerprint density at radius 3 is 2.18 bits per heavy atom. The van der Waals surface area contributed by atoms with E-state index in [-0.39, 0.29) is 11.5 Å². The van der Waals surface area contributed by atoms with E-state index in [0.29, 0.717) is 5.92 Å². The van der Waals surface area contributed by atoms with Gasteiger partial charge in [-0.25, -0.2) is 0 Å². The summed E-state index contributed by atoms with van der Waals surface area (Å²) < 4.78 is 0. The van der Waals surface area contributed by atoms with E-state index in [4.69, 9.17) is 11.0 Å². The lowest BCUT2D eigenvalue weighted by atomic mass is 9.82. The quantitative estimate of drug-likeness (QED) is 0.675. The molecule has 0 aliphatic rings. The van der Waals surface area contributed by atoms with E-state index in [1.807, 2.05) is 13.8 Å². The first-order chi connectivity index (χ1) is 4.90. The average Bonchev–Trinajstić information content (AvgIpc) is 1.86. The largest absolute Gasteiger partial charge is 0.326 e. The minimum atomic E-state index is -0.385. The Labute approximate surface area is 69.4 Å². The lowest BCUT2D eigenvalue weighted by Crippen LogP contribution is -2.37. The standard InChI is InChI=1S/C9H18N2/c1-7(2)5-8(11)9(3,4)6-10/h7-8H,5,11H2,1-4H3. The van der Waals surface area contributed by atoms with Crippen LogP contribution in [0.15, 0.2) is 0 Å². The zero-order valence-electron chi connectivity index (χ0n) is 7.89. The van der Waals surface area contributed by atoms with Gasteiger partial charge in [-0.15, -0.1) is 0 Å². The highest BCUT2D eigenvalue weighted by Crippen LogP contribution is 2.22. The van der Waals surface area contributed by atoms with Crippen molar-refractivity contribution in [1.82, 2.24) is 0 Å². The third kappa shape index (κ3) is 3.38. The number of hydrogen-bond acceptors (Lipinski definition) is 2. The van der Waals surface area contributed by atoms with E-state index in [1.54, 1.807) is 0 Å². The highest BCUT2D eigenvalue weighted by Gasteiger charge is 2.26. The van der Waals surface area contributed by atoms with Crippen molar-refractivity contribution in [3.05, 3.63) is 0 Å². The molecule has 0 radical (unpaired) electrons. The summed E-state index contributed by atoms with van der Waals surface area (Å²) in [7, 11) is 0. The van der Waals surface area contributed by atoms with Crippen molar-refractivity contribution >= 4 is 0 Å². The summed E-state index contributed by atoms with van der Waals surface area (Å²) >= 11 is 0. The van der Waals surface area contributed by atoms with Crippen LogP contribution < -0.4 is 5.73 Å². The van der Waals surface area contributed by atoms with Crippen LogP contribution in [0.2, 0.25) is 0 Å². The molecule has 64 valence electrons. The number of nitriles is 1. The molecule has 2 heteroatoms. The Hall–Kier alpha value is -0.550. The molecule has 1 unspecified atom stereocenters. The molecule has 0 fully saturated rings. The minimum absolute atomic E-state index is 0.00694. The molecule has 0 aromatic carbocycles. The van der Waals surface area contributed by atoms with Crippen molar-refractivity contribution in [2.75, 3.05) is 0 Å². The van der Waals surface area contributed by atoms with E-state index in [1.165, 1.54) is 0 Å². The Bertz CT molecular complexity index is 153. The molecule has 0 spiro atoms. The maximum Gasteiger partial charge on any atom is 0.0700 e. The highest BCUT2D eigenvalue weighted by atomic mass is 14.7. The van der Waals surface area contributed by atoms with Gasteiger partial charge in [-0.1, -0.05) is 13.8 Å². The molecule has 0 aromatic heterocycles. The third-order valence-corrected chi connectivity index (χ3v) is 1.94. The SMILES string of the molecule is CC(C)CC(N)C(C)(C)C#N. The first-order valence-corrected chi connectivity index (χ1v) is 4.07. The van der Waals surface area contributed by atoms with Crippen molar-refractivity contribution in [2.45, 2.75) is 40.2 Å². The Balaban J connectivity index is 4.04. The molecule has 1 atom stereocenters. The molecule has 0 aromatic rings. The summed E-state index contributed by atoms with van der Waals surface area (Å²) in [5, 5.41) is 8.75. The normalized spacial score (nSPS) is 14.6. The van der Waals surface area contributed by atoms with Crippen LogP contribution in [0, 0.1) is 22.7 Å². The number of nitrogens with zero attached hydrogens (tertiary/aromatic N) is 1. The van der Waals surface area contributed by atoms with Crippen molar-refractivity contribution in [2.24, 2.45) is 17.1 Å². The van der Waals surface area contributed by atoms with E-state index in [0.717, 1.165) is 6.42 Å². The number of nitrogens with two attached hydrogens (primary N) is 1. The van der Waals surface area contributed by atoms with Gasteiger partial charge in [0.25, 0.3) is 0 Å². The molecule has 0 bridgehead atoms. The Morgan fingerprint density at radius 1 is 1.45 bits per heavy atom. The van der Waals surface area contributed by atoms with Crippen molar-refractivity contribution in [3.63, 3.8) is 0 Å². The predicted molar refractivity (Wildman–Crippen MR) is 46.8 cm³/mol. The summed E-state index contributed by atoms with van der Waals surface area (Å²) in [6.45, 7) is 8.01. The summed E-state index contributed by atoms with van der Waals surface area (Å²) in [4.78, 5) is 0. The highest BCUT2D eigenvalue weighted by molar-refractivity contribution is 4.99. The van der Waals surface area contributed by atoms with Crippen LogP contribution in [0.3, 0.4) is 0 Å². The number of hydrogen-bond donors (Lipinski definition) is 1. The molecule has 0 saturated carbocycles. The monoisotopic (exact) mass is 154 g/mol. The average molecular weight is 154 g/mol. The van der Waals surface area contributed by atoms with Gasteiger partial charge in [0.05, 0.1) is 11.5 Å². The second-order valence-corrected chi connectivity index (χ2v) is 4.07. The molecule has 11 heavy (non-hydrogen) atoms. The maximum absolute atomic E-state index is 8.75. The van der Waals surface area contributed by atoms with Crippen LogP contribution in [-0.4, -0.2) is 6.04 Å². The van der Waals surface area contributed by atoms with E-state index in [9.17, 15) is 0 Å². The van der Waals surface area contributed by atoms with Crippen LogP contribution >= 0.6 is 0 Å². The molecule has 0 aliphatic carbocycles. The number of rotatable bonds is 3. The van der Waals surface area contributed by atoms with Gasteiger partial charge in [-0.3, -0.25) is 0 Å². The summed E-state index contributed by atoms with van der Waals surface area (Å²) in [6.07, 6.45) is 0.917. The summed E-state index contributed by atoms with van der Waals surface area (Å²) in [6, 6.07) is 2.21. The maximum atomic E-state index is 8.75. The fourth-order valence-corrected chi connectivity index (χ4v) is 0.885. The second kappa shape index (κ2) is 3.73. The van der Waals surface area contributed by atoms with Crippen molar-refractivity contribution < 1.29 is 0 Å². The lowest BCUT2D eigenvalue weighted by Gasteiger charge is -2.25. The summed E-state index contributed by atoms with van der Waals surface area (Å²) in [5.74, 6) is 0.567. The van der Waals surface area contributed by atoms with Crippen LogP contribution in [0.1, 0.15) is 34.1 Å². The topological polar surface area (TPSA) is 49.8 Å². The van der Waals surface area contributed by atoms with Crippen molar-refractivity contribution in [1.29, 1.82) is 5.26 Å². The zero-order chi connectivity index (χ0) is 9.07. The molecule has 0 saturated heterocycles. The lowest BCUT2D eigenvalue weighted by molar-refractivity contribution is 0.330. The van der Waals surface area contributed by atoms with Crippen LogP contribution in [0.4, 0.5) is 0 Å². The van der Waals surface area contributed by atoms with E-state index in [2.05, 4.69) is 19.9 Å². The molecule has 0 heterocycles. The van der Waals surface area contributed by atoms with Gasteiger partial charge in [0.1, 0.15) is 0 Å². The van der Waals surface area contributed by atoms with Crippen LogP contribution in [-0.2, 0) is 0 Å². The predicted octanol–water partition coefficient (Wildman–Crippen LogP) is 1.91. The second-order valence-electron chi connectivity index (χ2n) is 4.07. The van der Waals surface area contributed by atoms with Gasteiger partial charge in [0.2, 0.25) is 0 Å². The van der Waals surface area contributed by atoms with Gasteiger partial charge in [0, 0.05) is 6.04 Å². The van der Waals surface area contributed by atoms with Crippen LogP contribution in [0.25, 0.3) is 0 Å². The molecular weight excluding hydrogens is 136 g/mol. The van der Waals surface area contributed by atoms with Crippen LogP contribution in [0.5, 0.6) is 0 Å². The minimum Gasteiger partial charge on any atom is -0.326 e. The third-order valence-electron chi connectivity index (χ3n) is 1.94. The fraction of sp³-hybridized carbons (Fsp3) is 0.889. The van der Waals surface area contributed by atoms with E-state index >= 15 is 0 Å². The van der Waals surface area contributed by atoms with Gasteiger partial charge in [-0.2, -0.15) is 5.26 Å². The first-order valence-electron chi connectivity index (χ1n) is 4.07. The molecule has 0 aliphatic heterocycles. The van der Waals surface area contributed by atoms with Gasteiger partial charge < -0.3 is 5.73 Å². The fourth-order valence-electron chi connectivity index (χ4n) is 0.885. The first kappa shape index (κ1) is 10.4. The molecule has 2 N–H and O–H groups in total. The molecule has 2 nitrogen and oxygen atoms in total. The Morgan fingerprint density at radius 2 is 1.91 bits per heavy atom. The van der Waals surface area contributed by atoms with Gasteiger partial charge in [0.15, 0.2) is 0 Å². The van der Waals surface area contributed by atoms with Crippen molar-refractivity contribution in [3.8, 4) is 6.07 Å². The molecular formula is C9H18N2. The van der Waals surface area contributed by atoms with Gasteiger partial charge >= 0.3 is 0 Å². The molecule has 0 amide bonds. The Kier molecular flexibility index (Phi) is 3.54. The van der Waals surface area contributed by atoms with Gasteiger partial charge in [-0.05, 0) is 26.2 Å². The smallest absolute Gasteiger partial charge is 0.0700 e. The summed E-state index contributed by atoms with van der Waals surface area (Å²) in [5.41, 5.74) is 5.46. The zero-order valence-corrected chi connectivity index (χ0v) is 7.89.